The summed E-state index contributed by atoms with van der Waals surface area (Å²) < 4.78 is 10.4. The Bertz CT molecular complexity index is 232. The molecular weight excluding hydrogens is 248 g/mol. The van der Waals surface area contributed by atoms with Crippen LogP contribution in [-0.4, -0.2) is 29.9 Å². The van der Waals surface area contributed by atoms with Crippen molar-refractivity contribution in [3.05, 3.63) is 12.2 Å². The van der Waals surface area contributed by atoms with E-state index in [0.717, 1.165) is 6.42 Å². The van der Waals surface area contributed by atoms with E-state index in [1.807, 2.05) is 6.92 Å². The molecule has 0 aromatic rings. The minimum absolute atomic E-state index is 0.295. The van der Waals surface area contributed by atoms with Gasteiger partial charge >= 0.3 is 5.97 Å². The third-order valence-electron chi connectivity index (χ3n) is 1.37. The van der Waals surface area contributed by atoms with Crippen molar-refractivity contribution >= 4 is 23.3 Å². The first-order chi connectivity index (χ1) is 7.60. The largest absolute Gasteiger partial charge is 0.462 e. The molecule has 0 radical (unpaired) electrons. The minimum Gasteiger partial charge on any atom is -0.462 e. The first-order valence-corrected chi connectivity index (χ1v) is 12.3. The van der Waals surface area contributed by atoms with E-state index in [2.05, 4.69) is 39.3 Å². The second-order valence-corrected chi connectivity index (χ2v) is 12.5. The van der Waals surface area contributed by atoms with Gasteiger partial charge in [0, 0.05) is 5.57 Å². The molecule has 0 saturated heterocycles. The number of esters is 1. The molecule has 0 unspecified atom stereocenters. The Hall–Kier alpha value is -0.396. The molecule has 0 bridgehead atoms. The van der Waals surface area contributed by atoms with Gasteiger partial charge in [-0.1, -0.05) is 13.5 Å². The van der Waals surface area contributed by atoms with Crippen LogP contribution < -0.4 is 0 Å². The van der Waals surface area contributed by atoms with E-state index in [1.54, 1.807) is 6.92 Å². The SMILES string of the molecule is C=C(C)C(=O)OCCC.C[SiH](C)O[Si](C)(C)C. The van der Waals surface area contributed by atoms with Gasteiger partial charge in [0.1, 0.15) is 0 Å². The molecule has 102 valence electrons. The van der Waals surface area contributed by atoms with Crippen LogP contribution in [0, 0.1) is 0 Å². The van der Waals surface area contributed by atoms with Crippen LogP contribution >= 0.6 is 0 Å². The molecule has 0 rings (SSSR count). The predicted molar refractivity (Wildman–Crippen MR) is 79.4 cm³/mol. The summed E-state index contributed by atoms with van der Waals surface area (Å²) in [6, 6.07) is 0. The van der Waals surface area contributed by atoms with Gasteiger partial charge in [-0.2, -0.15) is 0 Å². The van der Waals surface area contributed by atoms with Crippen molar-refractivity contribution in [2.24, 2.45) is 0 Å². The molecule has 0 N–H and O–H groups in total. The van der Waals surface area contributed by atoms with Crippen LogP contribution in [0.1, 0.15) is 20.3 Å². The van der Waals surface area contributed by atoms with E-state index in [9.17, 15) is 4.79 Å². The minimum atomic E-state index is -1.16. The molecule has 0 aromatic heterocycles. The van der Waals surface area contributed by atoms with Crippen LogP contribution in [0.3, 0.4) is 0 Å². The van der Waals surface area contributed by atoms with Crippen molar-refractivity contribution in [2.45, 2.75) is 53.0 Å². The molecule has 0 atom stereocenters. The Morgan fingerprint density at radius 3 is 1.94 bits per heavy atom. The summed E-state index contributed by atoms with van der Waals surface area (Å²) in [7, 11) is -1.89. The fraction of sp³-hybridized carbons (Fsp3) is 0.750. The van der Waals surface area contributed by atoms with Crippen LogP contribution in [0.25, 0.3) is 0 Å². The highest BCUT2D eigenvalue weighted by molar-refractivity contribution is 6.76. The van der Waals surface area contributed by atoms with Crippen molar-refractivity contribution in [1.29, 1.82) is 0 Å². The second-order valence-electron chi connectivity index (χ2n) is 5.20. The van der Waals surface area contributed by atoms with Crippen molar-refractivity contribution in [1.82, 2.24) is 0 Å². The van der Waals surface area contributed by atoms with Gasteiger partial charge in [-0.25, -0.2) is 4.79 Å². The first-order valence-electron chi connectivity index (χ1n) is 6.10. The monoisotopic (exact) mass is 276 g/mol. The zero-order chi connectivity index (χ0) is 14.1. The van der Waals surface area contributed by atoms with E-state index in [4.69, 9.17) is 8.85 Å². The lowest BCUT2D eigenvalue weighted by atomic mass is 10.4. The summed E-state index contributed by atoms with van der Waals surface area (Å²) in [5.74, 6) is -0.295. The predicted octanol–water partition coefficient (Wildman–Crippen LogP) is 3.34. The van der Waals surface area contributed by atoms with Crippen molar-refractivity contribution in [2.75, 3.05) is 6.61 Å². The van der Waals surface area contributed by atoms with E-state index in [0.29, 0.717) is 12.2 Å². The normalized spacial score (nSPS) is 10.6. The molecule has 0 heterocycles. The number of rotatable bonds is 5. The number of ether oxygens (including phenoxy) is 1. The average Bonchev–Trinajstić information content (AvgIpc) is 2.10. The van der Waals surface area contributed by atoms with Gasteiger partial charge in [0.15, 0.2) is 17.4 Å². The molecule has 0 spiro atoms. The number of hydrogen-bond acceptors (Lipinski definition) is 3. The van der Waals surface area contributed by atoms with Crippen LogP contribution in [0.5, 0.6) is 0 Å². The highest BCUT2D eigenvalue weighted by Crippen LogP contribution is 2.03. The molecule has 0 aliphatic carbocycles. The third-order valence-corrected chi connectivity index (χ3v) is 6.09. The van der Waals surface area contributed by atoms with E-state index >= 15 is 0 Å². The number of hydrogen-bond donors (Lipinski definition) is 0. The first kappa shape index (κ1) is 19.0. The van der Waals surface area contributed by atoms with E-state index < -0.39 is 17.4 Å². The van der Waals surface area contributed by atoms with Crippen LogP contribution in [-0.2, 0) is 13.6 Å². The summed E-state index contributed by atoms with van der Waals surface area (Å²) in [6.07, 6.45) is 0.860. The second kappa shape index (κ2) is 9.62. The molecule has 0 fully saturated rings. The van der Waals surface area contributed by atoms with Gasteiger partial charge in [-0.15, -0.1) is 0 Å². The fourth-order valence-corrected chi connectivity index (χ4v) is 6.68. The lowest BCUT2D eigenvalue weighted by molar-refractivity contribution is -0.138. The highest BCUT2D eigenvalue weighted by Gasteiger charge is 2.14. The molecule has 0 aliphatic heterocycles. The van der Waals surface area contributed by atoms with Crippen LogP contribution in [0.15, 0.2) is 12.2 Å². The topological polar surface area (TPSA) is 35.5 Å². The maximum absolute atomic E-state index is 10.6. The van der Waals surface area contributed by atoms with Crippen molar-refractivity contribution in [3.63, 3.8) is 0 Å². The Labute approximate surface area is 109 Å². The van der Waals surface area contributed by atoms with Gasteiger partial charge in [0.25, 0.3) is 0 Å². The quantitative estimate of drug-likeness (QED) is 0.439. The molecular formula is C12H28O3Si2. The Balaban J connectivity index is 0. The molecule has 0 saturated carbocycles. The zero-order valence-electron chi connectivity index (χ0n) is 12.4. The van der Waals surface area contributed by atoms with Gasteiger partial charge in [-0.05, 0) is 46.1 Å². The summed E-state index contributed by atoms with van der Waals surface area (Å²) in [4.78, 5) is 10.6. The summed E-state index contributed by atoms with van der Waals surface area (Å²) in [5, 5.41) is 0. The molecule has 0 aromatic carbocycles. The fourth-order valence-electron chi connectivity index (χ4n) is 1.03. The maximum Gasteiger partial charge on any atom is 0.333 e. The Morgan fingerprint density at radius 2 is 1.76 bits per heavy atom. The van der Waals surface area contributed by atoms with Gasteiger partial charge in [0.05, 0.1) is 6.61 Å². The zero-order valence-corrected chi connectivity index (χ0v) is 14.6. The van der Waals surface area contributed by atoms with Crippen molar-refractivity contribution in [3.8, 4) is 0 Å². The van der Waals surface area contributed by atoms with Crippen LogP contribution in [0.4, 0.5) is 0 Å². The molecule has 3 nitrogen and oxygen atoms in total. The number of carbonyl (C=O) groups is 1. The average molecular weight is 277 g/mol. The molecule has 17 heavy (non-hydrogen) atoms. The van der Waals surface area contributed by atoms with Crippen LogP contribution in [0.2, 0.25) is 32.7 Å². The van der Waals surface area contributed by atoms with E-state index in [-0.39, 0.29) is 5.97 Å². The summed E-state index contributed by atoms with van der Waals surface area (Å²) in [5.41, 5.74) is 0.462. The van der Waals surface area contributed by atoms with Gasteiger partial charge < -0.3 is 8.85 Å². The molecule has 0 aliphatic rings. The summed E-state index contributed by atoms with van der Waals surface area (Å²) >= 11 is 0. The highest BCUT2D eigenvalue weighted by atomic mass is 28.4. The number of carbonyl (C=O) groups excluding carboxylic acids is 1. The Morgan fingerprint density at radius 1 is 1.29 bits per heavy atom. The van der Waals surface area contributed by atoms with Gasteiger partial charge in [-0.3, -0.25) is 0 Å². The maximum atomic E-state index is 10.6. The lowest BCUT2D eigenvalue weighted by Crippen LogP contribution is -2.31. The van der Waals surface area contributed by atoms with E-state index in [1.165, 1.54) is 0 Å². The standard InChI is InChI=1S/C7H12O2.C5H16OSi2/c1-4-5-9-7(8)6(2)3;1-7(2)6-8(3,4)5/h2,4-5H2,1,3H3;7H,1-5H3. The smallest absolute Gasteiger partial charge is 0.333 e. The molecule has 0 amide bonds. The Kier molecular flexibility index (Phi) is 10.7. The van der Waals surface area contributed by atoms with Crippen molar-refractivity contribution < 1.29 is 13.6 Å². The third kappa shape index (κ3) is 18.2. The van der Waals surface area contributed by atoms with Gasteiger partial charge in [0.2, 0.25) is 0 Å². The molecule has 5 heteroatoms. The lowest BCUT2D eigenvalue weighted by Gasteiger charge is -2.19. The summed E-state index contributed by atoms with van der Waals surface area (Å²) in [6.45, 7) is 18.7.